The first kappa shape index (κ1) is 15.5. The first-order valence-electron chi connectivity index (χ1n) is 6.67. The fourth-order valence-electron chi connectivity index (χ4n) is 1.77. The van der Waals surface area contributed by atoms with Crippen molar-refractivity contribution in [1.29, 1.82) is 0 Å². The van der Waals surface area contributed by atoms with Crippen molar-refractivity contribution in [2.75, 3.05) is 12.3 Å². The zero-order valence-corrected chi connectivity index (χ0v) is 13.8. The molecule has 0 aliphatic rings. The molecule has 20 heavy (non-hydrogen) atoms. The Labute approximate surface area is 132 Å². The Bertz CT molecular complexity index is 504. The number of hydrogen-bond donors (Lipinski definition) is 1. The lowest BCUT2D eigenvalue weighted by molar-refractivity contribution is 0.563. The van der Waals surface area contributed by atoms with Crippen LogP contribution in [-0.4, -0.2) is 22.3 Å². The van der Waals surface area contributed by atoms with Crippen LogP contribution < -0.4 is 5.32 Å². The van der Waals surface area contributed by atoms with Crippen molar-refractivity contribution in [1.82, 2.24) is 15.3 Å². The van der Waals surface area contributed by atoms with Crippen LogP contribution in [0.15, 0.2) is 52.2 Å². The standard InChI is InChI=1S/C15H18BrN3S/c1-2-7-18-15(14-10-17-8-9-19-14)11-20-13-5-3-12(16)4-6-13/h3-6,8-10,15,18H,2,7,11H2,1H3. The summed E-state index contributed by atoms with van der Waals surface area (Å²) in [5.74, 6) is 0.945. The third-order valence-electron chi connectivity index (χ3n) is 2.81. The van der Waals surface area contributed by atoms with Crippen molar-refractivity contribution >= 4 is 27.7 Å². The zero-order valence-electron chi connectivity index (χ0n) is 11.4. The van der Waals surface area contributed by atoms with Crippen LogP contribution in [0.4, 0.5) is 0 Å². The maximum atomic E-state index is 4.41. The number of aromatic nitrogens is 2. The third kappa shape index (κ3) is 4.89. The number of halogens is 1. The van der Waals surface area contributed by atoms with Crippen LogP contribution in [-0.2, 0) is 0 Å². The Morgan fingerprint density at radius 2 is 2.05 bits per heavy atom. The molecule has 106 valence electrons. The number of rotatable bonds is 7. The van der Waals surface area contributed by atoms with Gasteiger partial charge in [0.1, 0.15) is 0 Å². The minimum Gasteiger partial charge on any atom is -0.308 e. The molecule has 1 N–H and O–H groups in total. The molecule has 0 fully saturated rings. The molecule has 0 aliphatic heterocycles. The molecule has 0 saturated heterocycles. The molecule has 0 aliphatic carbocycles. The molecule has 2 rings (SSSR count). The lowest BCUT2D eigenvalue weighted by Gasteiger charge is -2.17. The number of thioether (sulfide) groups is 1. The van der Waals surface area contributed by atoms with Gasteiger partial charge in [-0.3, -0.25) is 9.97 Å². The van der Waals surface area contributed by atoms with Crippen LogP contribution in [0.1, 0.15) is 25.1 Å². The average molecular weight is 352 g/mol. The molecular weight excluding hydrogens is 334 g/mol. The summed E-state index contributed by atoms with van der Waals surface area (Å²) in [6, 6.07) is 8.63. The molecule has 1 heterocycles. The first-order valence-corrected chi connectivity index (χ1v) is 8.45. The summed E-state index contributed by atoms with van der Waals surface area (Å²) >= 11 is 5.29. The van der Waals surface area contributed by atoms with Crippen molar-refractivity contribution in [2.45, 2.75) is 24.3 Å². The molecule has 1 aromatic carbocycles. The van der Waals surface area contributed by atoms with Crippen molar-refractivity contribution < 1.29 is 0 Å². The van der Waals surface area contributed by atoms with Gasteiger partial charge in [-0.05, 0) is 37.2 Å². The summed E-state index contributed by atoms with van der Waals surface area (Å²) < 4.78 is 1.11. The molecule has 3 nitrogen and oxygen atoms in total. The Morgan fingerprint density at radius 1 is 1.25 bits per heavy atom. The van der Waals surface area contributed by atoms with Gasteiger partial charge >= 0.3 is 0 Å². The molecule has 0 radical (unpaired) electrons. The Hall–Kier alpha value is -0.910. The van der Waals surface area contributed by atoms with Crippen LogP contribution in [0.5, 0.6) is 0 Å². The minimum absolute atomic E-state index is 0.234. The van der Waals surface area contributed by atoms with Crippen LogP contribution in [0.2, 0.25) is 0 Å². The average Bonchev–Trinajstić information content (AvgIpc) is 2.50. The fourth-order valence-corrected chi connectivity index (χ4v) is 3.01. The number of nitrogens with zero attached hydrogens (tertiary/aromatic N) is 2. The Balaban J connectivity index is 1.99. The van der Waals surface area contributed by atoms with E-state index in [9.17, 15) is 0 Å². The van der Waals surface area contributed by atoms with Gasteiger partial charge in [0.15, 0.2) is 0 Å². The van der Waals surface area contributed by atoms with E-state index in [1.54, 1.807) is 12.4 Å². The van der Waals surface area contributed by atoms with Gasteiger partial charge in [0.05, 0.1) is 11.7 Å². The molecule has 1 aromatic heterocycles. The topological polar surface area (TPSA) is 37.8 Å². The first-order chi connectivity index (χ1) is 9.79. The largest absolute Gasteiger partial charge is 0.308 e. The molecule has 2 aromatic rings. The molecule has 0 spiro atoms. The quantitative estimate of drug-likeness (QED) is 0.763. The Kier molecular flexibility index (Phi) is 6.50. The van der Waals surface area contributed by atoms with Gasteiger partial charge < -0.3 is 5.32 Å². The van der Waals surface area contributed by atoms with E-state index in [0.717, 1.165) is 28.9 Å². The van der Waals surface area contributed by atoms with Gasteiger partial charge in [0.2, 0.25) is 0 Å². The Morgan fingerprint density at radius 3 is 2.70 bits per heavy atom. The van der Waals surface area contributed by atoms with Gasteiger partial charge in [-0.2, -0.15) is 0 Å². The molecule has 0 amide bonds. The van der Waals surface area contributed by atoms with Crippen molar-refractivity contribution in [2.24, 2.45) is 0 Å². The van der Waals surface area contributed by atoms with Gasteiger partial charge in [-0.1, -0.05) is 22.9 Å². The predicted molar refractivity (Wildman–Crippen MR) is 87.9 cm³/mol. The van der Waals surface area contributed by atoms with Crippen LogP contribution in [0, 0.1) is 0 Å². The summed E-state index contributed by atoms with van der Waals surface area (Å²) in [4.78, 5) is 9.84. The summed E-state index contributed by atoms with van der Waals surface area (Å²) in [6.45, 7) is 3.16. The molecule has 0 saturated carbocycles. The maximum Gasteiger partial charge on any atom is 0.0764 e. The second-order valence-electron chi connectivity index (χ2n) is 4.40. The van der Waals surface area contributed by atoms with E-state index in [-0.39, 0.29) is 6.04 Å². The summed E-state index contributed by atoms with van der Waals surface area (Å²) in [7, 11) is 0. The third-order valence-corrected chi connectivity index (χ3v) is 4.45. The van der Waals surface area contributed by atoms with Crippen LogP contribution >= 0.6 is 27.7 Å². The highest BCUT2D eigenvalue weighted by molar-refractivity contribution is 9.10. The summed E-state index contributed by atoms with van der Waals surface area (Å²) in [5.41, 5.74) is 1.01. The van der Waals surface area contributed by atoms with Gasteiger partial charge in [0, 0.05) is 33.7 Å². The van der Waals surface area contributed by atoms with E-state index in [4.69, 9.17) is 0 Å². The molecule has 0 bridgehead atoms. The highest BCUT2D eigenvalue weighted by atomic mass is 79.9. The highest BCUT2D eigenvalue weighted by Gasteiger charge is 2.12. The van der Waals surface area contributed by atoms with E-state index in [0.29, 0.717) is 0 Å². The van der Waals surface area contributed by atoms with Crippen molar-refractivity contribution in [3.05, 3.63) is 53.0 Å². The SMILES string of the molecule is CCCNC(CSc1ccc(Br)cc1)c1cnccn1. The molecule has 1 atom stereocenters. The normalized spacial score (nSPS) is 12.3. The van der Waals surface area contributed by atoms with Crippen molar-refractivity contribution in [3.63, 3.8) is 0 Å². The molecule has 1 unspecified atom stereocenters. The van der Waals surface area contributed by atoms with E-state index < -0.39 is 0 Å². The van der Waals surface area contributed by atoms with E-state index in [1.807, 2.05) is 18.0 Å². The lowest BCUT2D eigenvalue weighted by Crippen LogP contribution is -2.25. The van der Waals surface area contributed by atoms with Gasteiger partial charge in [-0.25, -0.2) is 0 Å². The maximum absolute atomic E-state index is 4.41. The van der Waals surface area contributed by atoms with Crippen molar-refractivity contribution in [3.8, 4) is 0 Å². The van der Waals surface area contributed by atoms with Gasteiger partial charge in [-0.15, -0.1) is 11.8 Å². The summed E-state index contributed by atoms with van der Waals surface area (Å²) in [6.07, 6.45) is 6.41. The minimum atomic E-state index is 0.234. The monoisotopic (exact) mass is 351 g/mol. The van der Waals surface area contributed by atoms with Crippen LogP contribution in [0.25, 0.3) is 0 Å². The fraction of sp³-hybridized carbons (Fsp3) is 0.333. The van der Waals surface area contributed by atoms with E-state index in [2.05, 4.69) is 62.4 Å². The highest BCUT2D eigenvalue weighted by Crippen LogP contribution is 2.25. The summed E-state index contributed by atoms with van der Waals surface area (Å²) in [5, 5.41) is 3.53. The van der Waals surface area contributed by atoms with E-state index >= 15 is 0 Å². The number of hydrogen-bond acceptors (Lipinski definition) is 4. The lowest BCUT2D eigenvalue weighted by atomic mass is 10.2. The second kappa shape index (κ2) is 8.39. The zero-order chi connectivity index (χ0) is 14.2. The van der Waals surface area contributed by atoms with E-state index in [1.165, 1.54) is 4.90 Å². The van der Waals surface area contributed by atoms with Crippen LogP contribution in [0.3, 0.4) is 0 Å². The predicted octanol–water partition coefficient (Wildman–Crippen LogP) is 4.07. The number of nitrogens with one attached hydrogen (secondary N) is 1. The second-order valence-corrected chi connectivity index (χ2v) is 6.41. The smallest absolute Gasteiger partial charge is 0.0764 e. The number of benzene rings is 1. The van der Waals surface area contributed by atoms with Gasteiger partial charge in [0.25, 0.3) is 0 Å². The molecular formula is C15H18BrN3S. The molecule has 5 heteroatoms.